The van der Waals surface area contributed by atoms with E-state index in [0.29, 0.717) is 23.7 Å². The standard InChI is InChI=1S/C15H13FN6/c16-14-6-11(2-4-18-14)21-8-12-5-13(9-21)22(12)15-19-3-1-10(7-17)20-15/h1-4,6,12-13H,5,8-9H2. The third-order valence-corrected chi connectivity index (χ3v) is 4.26. The van der Waals surface area contributed by atoms with E-state index in [0.717, 1.165) is 25.2 Å². The number of fused-ring (bicyclic) bond motifs is 2. The van der Waals surface area contributed by atoms with Crippen molar-refractivity contribution in [3.05, 3.63) is 42.2 Å². The van der Waals surface area contributed by atoms with Crippen molar-refractivity contribution in [2.45, 2.75) is 18.5 Å². The van der Waals surface area contributed by atoms with E-state index in [9.17, 15) is 4.39 Å². The summed E-state index contributed by atoms with van der Waals surface area (Å²) >= 11 is 0. The van der Waals surface area contributed by atoms with E-state index < -0.39 is 5.95 Å². The molecule has 5 rings (SSSR count). The van der Waals surface area contributed by atoms with Gasteiger partial charge in [0.25, 0.3) is 0 Å². The van der Waals surface area contributed by atoms with Gasteiger partial charge in [-0.3, -0.25) is 0 Å². The van der Waals surface area contributed by atoms with Crippen LogP contribution in [0.1, 0.15) is 12.1 Å². The number of piperidine rings is 1. The van der Waals surface area contributed by atoms with Crippen LogP contribution in [0.15, 0.2) is 30.6 Å². The molecule has 3 aliphatic rings. The Morgan fingerprint density at radius 3 is 2.68 bits per heavy atom. The molecule has 0 aromatic carbocycles. The van der Waals surface area contributed by atoms with Gasteiger partial charge < -0.3 is 9.80 Å². The average Bonchev–Trinajstić information content (AvgIpc) is 2.55. The van der Waals surface area contributed by atoms with Crippen molar-refractivity contribution < 1.29 is 4.39 Å². The van der Waals surface area contributed by atoms with Crippen LogP contribution in [0, 0.1) is 17.3 Å². The summed E-state index contributed by atoms with van der Waals surface area (Å²) in [6.45, 7) is 1.58. The minimum Gasteiger partial charge on any atom is -0.367 e. The van der Waals surface area contributed by atoms with Crippen LogP contribution in [0.3, 0.4) is 0 Å². The van der Waals surface area contributed by atoms with Crippen LogP contribution in [-0.4, -0.2) is 40.1 Å². The number of halogens is 1. The van der Waals surface area contributed by atoms with Crippen molar-refractivity contribution in [2.24, 2.45) is 0 Å². The second-order valence-corrected chi connectivity index (χ2v) is 5.55. The summed E-state index contributed by atoms with van der Waals surface area (Å²) in [5.74, 6) is 0.152. The highest BCUT2D eigenvalue weighted by atomic mass is 19.1. The number of hydrogen-bond acceptors (Lipinski definition) is 6. The van der Waals surface area contributed by atoms with Gasteiger partial charge in [-0.25, -0.2) is 15.0 Å². The number of nitrogens with zero attached hydrogens (tertiary/aromatic N) is 6. The Morgan fingerprint density at radius 1 is 1.18 bits per heavy atom. The quantitative estimate of drug-likeness (QED) is 0.779. The Morgan fingerprint density at radius 2 is 1.95 bits per heavy atom. The van der Waals surface area contributed by atoms with Crippen LogP contribution >= 0.6 is 0 Å². The Hall–Kier alpha value is -2.75. The van der Waals surface area contributed by atoms with Crippen LogP contribution in [0.5, 0.6) is 0 Å². The number of rotatable bonds is 2. The molecule has 6 nitrogen and oxygen atoms in total. The Bertz CT molecular complexity index is 746. The maximum absolute atomic E-state index is 13.3. The highest BCUT2D eigenvalue weighted by Crippen LogP contribution is 2.36. The third kappa shape index (κ3) is 2.04. The zero-order valence-electron chi connectivity index (χ0n) is 11.7. The van der Waals surface area contributed by atoms with E-state index in [4.69, 9.17) is 5.26 Å². The third-order valence-electron chi connectivity index (χ3n) is 4.26. The van der Waals surface area contributed by atoms with Gasteiger partial charge in [0.05, 0.1) is 12.1 Å². The van der Waals surface area contributed by atoms with E-state index in [1.165, 1.54) is 12.3 Å². The zero-order valence-corrected chi connectivity index (χ0v) is 11.7. The van der Waals surface area contributed by atoms with E-state index in [2.05, 4.69) is 24.8 Å². The summed E-state index contributed by atoms with van der Waals surface area (Å²) in [7, 11) is 0. The Kier molecular flexibility index (Phi) is 2.89. The maximum atomic E-state index is 13.3. The number of hydrogen-bond donors (Lipinski definition) is 0. The lowest BCUT2D eigenvalue weighted by Crippen LogP contribution is -2.69. The van der Waals surface area contributed by atoms with Crippen LogP contribution in [-0.2, 0) is 0 Å². The average molecular weight is 296 g/mol. The summed E-state index contributed by atoms with van der Waals surface area (Å²) in [6, 6.07) is 7.52. The van der Waals surface area contributed by atoms with E-state index in [-0.39, 0.29) is 0 Å². The van der Waals surface area contributed by atoms with E-state index in [1.807, 2.05) is 12.1 Å². The SMILES string of the molecule is N#Cc1ccnc(N2C3CC2CN(c2ccnc(F)c2)C3)n1. The number of piperazine rings is 1. The van der Waals surface area contributed by atoms with Gasteiger partial charge in [0.15, 0.2) is 0 Å². The lowest BCUT2D eigenvalue weighted by Gasteiger charge is -2.56. The summed E-state index contributed by atoms with van der Waals surface area (Å²) < 4.78 is 13.3. The van der Waals surface area contributed by atoms with Gasteiger partial charge >= 0.3 is 0 Å². The summed E-state index contributed by atoms with van der Waals surface area (Å²) in [6.07, 6.45) is 4.18. The molecular weight excluding hydrogens is 283 g/mol. The molecule has 0 spiro atoms. The molecule has 2 aromatic heterocycles. The maximum Gasteiger partial charge on any atom is 0.227 e. The first-order chi connectivity index (χ1) is 10.7. The van der Waals surface area contributed by atoms with Gasteiger partial charge in [-0.1, -0.05) is 0 Å². The molecule has 22 heavy (non-hydrogen) atoms. The largest absolute Gasteiger partial charge is 0.367 e. The fraction of sp³-hybridized carbons (Fsp3) is 0.333. The second kappa shape index (κ2) is 4.91. The van der Waals surface area contributed by atoms with Crippen molar-refractivity contribution in [1.29, 1.82) is 5.26 Å². The number of nitriles is 1. The molecule has 0 N–H and O–H groups in total. The molecule has 2 unspecified atom stereocenters. The molecule has 0 aliphatic carbocycles. The van der Waals surface area contributed by atoms with Gasteiger partial charge in [0.2, 0.25) is 11.9 Å². The van der Waals surface area contributed by atoms with Gasteiger partial charge in [0, 0.05) is 37.2 Å². The van der Waals surface area contributed by atoms with Gasteiger partial charge in [-0.2, -0.15) is 9.65 Å². The minimum atomic E-state index is -0.460. The van der Waals surface area contributed by atoms with E-state index >= 15 is 0 Å². The van der Waals surface area contributed by atoms with Crippen molar-refractivity contribution in [2.75, 3.05) is 22.9 Å². The van der Waals surface area contributed by atoms with Gasteiger partial charge in [0.1, 0.15) is 11.8 Å². The number of aromatic nitrogens is 3. The molecule has 0 radical (unpaired) electrons. The molecule has 110 valence electrons. The first-order valence-corrected chi connectivity index (χ1v) is 7.12. The molecule has 2 atom stereocenters. The van der Waals surface area contributed by atoms with Gasteiger partial charge in [-0.15, -0.1) is 0 Å². The fourth-order valence-electron chi connectivity index (χ4n) is 3.27. The molecule has 3 saturated heterocycles. The molecule has 0 saturated carbocycles. The van der Waals surface area contributed by atoms with Crippen LogP contribution in [0.2, 0.25) is 0 Å². The van der Waals surface area contributed by atoms with Crippen molar-refractivity contribution in [1.82, 2.24) is 15.0 Å². The lowest BCUT2D eigenvalue weighted by molar-refractivity contribution is 0.286. The Labute approximate surface area is 126 Å². The topological polar surface area (TPSA) is 68.9 Å². The molecule has 3 aliphatic heterocycles. The number of pyridine rings is 1. The van der Waals surface area contributed by atoms with Crippen LogP contribution in [0.25, 0.3) is 0 Å². The molecule has 3 fully saturated rings. The number of anilines is 2. The predicted molar refractivity (Wildman–Crippen MR) is 77.8 cm³/mol. The Balaban J connectivity index is 1.54. The monoisotopic (exact) mass is 296 g/mol. The van der Waals surface area contributed by atoms with Gasteiger partial charge in [-0.05, 0) is 18.6 Å². The predicted octanol–water partition coefficient (Wildman–Crippen LogP) is 1.35. The van der Waals surface area contributed by atoms with E-state index in [1.54, 1.807) is 12.3 Å². The highest BCUT2D eigenvalue weighted by Gasteiger charge is 2.46. The molecule has 2 bridgehead atoms. The first kappa shape index (κ1) is 13.0. The highest BCUT2D eigenvalue weighted by molar-refractivity contribution is 5.52. The molecule has 2 aromatic rings. The van der Waals surface area contributed by atoms with Crippen LogP contribution in [0.4, 0.5) is 16.0 Å². The summed E-state index contributed by atoms with van der Waals surface area (Å²) in [5.41, 5.74) is 1.23. The molecule has 7 heteroatoms. The normalized spacial score (nSPS) is 22.9. The van der Waals surface area contributed by atoms with Crippen molar-refractivity contribution in [3.8, 4) is 6.07 Å². The lowest BCUT2D eigenvalue weighted by atomic mass is 9.87. The van der Waals surface area contributed by atoms with Crippen LogP contribution < -0.4 is 9.80 Å². The molecule has 5 heterocycles. The smallest absolute Gasteiger partial charge is 0.227 e. The molecular formula is C15H13FN6. The summed E-state index contributed by atoms with van der Waals surface area (Å²) in [4.78, 5) is 16.5. The second-order valence-electron chi connectivity index (χ2n) is 5.55. The zero-order chi connectivity index (χ0) is 15.1. The molecule has 0 amide bonds. The minimum absolute atomic E-state index is 0.295. The fourth-order valence-corrected chi connectivity index (χ4v) is 3.27. The van der Waals surface area contributed by atoms with Crippen molar-refractivity contribution in [3.63, 3.8) is 0 Å². The summed E-state index contributed by atoms with van der Waals surface area (Å²) in [5, 5.41) is 8.95. The van der Waals surface area contributed by atoms with Crippen molar-refractivity contribution >= 4 is 11.6 Å². The first-order valence-electron chi connectivity index (χ1n) is 7.12.